The van der Waals surface area contributed by atoms with Crippen LogP contribution in [0.2, 0.25) is 0 Å². The standard InChI is InChI=1S/C15H14O3/c1-10(2)15-13(16)7-12(8-14(15)17)4-3-11-5-6-18-9-11/h3-9,16-17H,1H2,2H3. The van der Waals surface area contributed by atoms with E-state index in [-0.39, 0.29) is 11.5 Å². The minimum absolute atomic E-state index is 0.0225. The van der Waals surface area contributed by atoms with Crippen LogP contribution in [-0.4, -0.2) is 10.2 Å². The van der Waals surface area contributed by atoms with Crippen molar-refractivity contribution < 1.29 is 14.6 Å². The van der Waals surface area contributed by atoms with Crippen molar-refractivity contribution in [3.8, 4) is 11.5 Å². The Morgan fingerprint density at radius 1 is 1.17 bits per heavy atom. The maximum absolute atomic E-state index is 9.83. The second-order valence-electron chi connectivity index (χ2n) is 4.10. The van der Waals surface area contributed by atoms with Crippen LogP contribution < -0.4 is 0 Å². The molecule has 3 nitrogen and oxygen atoms in total. The molecule has 2 rings (SSSR count). The monoisotopic (exact) mass is 242 g/mol. The molecule has 3 heteroatoms. The molecule has 0 bridgehead atoms. The molecule has 92 valence electrons. The molecule has 1 aromatic carbocycles. The number of phenols is 2. The summed E-state index contributed by atoms with van der Waals surface area (Å²) in [6.45, 7) is 5.44. The van der Waals surface area contributed by atoms with E-state index in [9.17, 15) is 10.2 Å². The Bertz CT molecular complexity index is 569. The van der Waals surface area contributed by atoms with E-state index >= 15 is 0 Å². The van der Waals surface area contributed by atoms with Crippen molar-refractivity contribution in [1.29, 1.82) is 0 Å². The lowest BCUT2D eigenvalue weighted by Crippen LogP contribution is -1.83. The molecule has 0 aliphatic carbocycles. The summed E-state index contributed by atoms with van der Waals surface area (Å²) in [4.78, 5) is 0. The number of furan rings is 1. The molecule has 1 aromatic heterocycles. The highest BCUT2D eigenvalue weighted by Gasteiger charge is 2.09. The van der Waals surface area contributed by atoms with Crippen LogP contribution in [0.5, 0.6) is 11.5 Å². The molecule has 0 spiro atoms. The van der Waals surface area contributed by atoms with Crippen LogP contribution >= 0.6 is 0 Å². The van der Waals surface area contributed by atoms with Crippen LogP contribution in [0.1, 0.15) is 23.6 Å². The van der Waals surface area contributed by atoms with Crippen LogP contribution in [0.4, 0.5) is 0 Å². The second-order valence-corrected chi connectivity index (χ2v) is 4.10. The summed E-state index contributed by atoms with van der Waals surface area (Å²) in [6.07, 6.45) is 6.81. The Labute approximate surface area is 105 Å². The van der Waals surface area contributed by atoms with Gasteiger partial charge in [0.05, 0.1) is 18.1 Å². The highest BCUT2D eigenvalue weighted by molar-refractivity contribution is 5.77. The summed E-state index contributed by atoms with van der Waals surface area (Å²) in [6, 6.07) is 4.99. The molecule has 0 fully saturated rings. The van der Waals surface area contributed by atoms with Gasteiger partial charge in [0.25, 0.3) is 0 Å². The first-order chi connectivity index (χ1) is 8.58. The van der Waals surface area contributed by atoms with Gasteiger partial charge in [-0.2, -0.15) is 0 Å². The lowest BCUT2D eigenvalue weighted by molar-refractivity contribution is 0.447. The third-order valence-electron chi connectivity index (χ3n) is 2.56. The Kier molecular flexibility index (Phi) is 3.24. The van der Waals surface area contributed by atoms with Crippen LogP contribution in [0.3, 0.4) is 0 Å². The third kappa shape index (κ3) is 2.46. The average molecular weight is 242 g/mol. The van der Waals surface area contributed by atoms with Gasteiger partial charge in [-0.15, -0.1) is 0 Å². The van der Waals surface area contributed by atoms with Gasteiger partial charge in [-0.3, -0.25) is 0 Å². The maximum Gasteiger partial charge on any atom is 0.127 e. The summed E-state index contributed by atoms with van der Waals surface area (Å²) in [5.41, 5.74) is 2.62. The van der Waals surface area contributed by atoms with Gasteiger partial charge in [0, 0.05) is 5.56 Å². The lowest BCUT2D eigenvalue weighted by Gasteiger charge is -2.07. The molecule has 0 saturated carbocycles. The van der Waals surface area contributed by atoms with E-state index in [1.165, 1.54) is 0 Å². The second kappa shape index (κ2) is 4.84. The number of hydrogen-bond acceptors (Lipinski definition) is 3. The summed E-state index contributed by atoms with van der Waals surface area (Å²) >= 11 is 0. The van der Waals surface area contributed by atoms with Gasteiger partial charge in [-0.05, 0) is 36.3 Å². The fourth-order valence-corrected chi connectivity index (χ4v) is 1.73. The Hall–Kier alpha value is -2.42. The first-order valence-electron chi connectivity index (χ1n) is 5.50. The minimum atomic E-state index is 0.0225. The van der Waals surface area contributed by atoms with Crippen molar-refractivity contribution in [2.24, 2.45) is 0 Å². The van der Waals surface area contributed by atoms with E-state index in [0.29, 0.717) is 16.7 Å². The zero-order valence-electron chi connectivity index (χ0n) is 10.1. The molecule has 0 atom stereocenters. The number of allylic oxidation sites excluding steroid dienone is 1. The Morgan fingerprint density at radius 3 is 2.28 bits per heavy atom. The minimum Gasteiger partial charge on any atom is -0.507 e. The van der Waals surface area contributed by atoms with Crippen LogP contribution in [-0.2, 0) is 0 Å². The van der Waals surface area contributed by atoms with Crippen molar-refractivity contribution in [3.63, 3.8) is 0 Å². The van der Waals surface area contributed by atoms with Crippen LogP contribution in [0, 0.1) is 0 Å². The number of phenolic OH excluding ortho intramolecular Hbond substituents is 2. The molecular weight excluding hydrogens is 228 g/mol. The van der Waals surface area contributed by atoms with Crippen molar-refractivity contribution in [2.75, 3.05) is 0 Å². The number of rotatable bonds is 3. The molecule has 0 saturated heterocycles. The smallest absolute Gasteiger partial charge is 0.127 e. The van der Waals surface area contributed by atoms with E-state index in [1.807, 2.05) is 12.1 Å². The van der Waals surface area contributed by atoms with Crippen molar-refractivity contribution in [2.45, 2.75) is 6.92 Å². The molecule has 0 unspecified atom stereocenters. The van der Waals surface area contributed by atoms with Crippen LogP contribution in [0.25, 0.3) is 17.7 Å². The van der Waals surface area contributed by atoms with Gasteiger partial charge >= 0.3 is 0 Å². The Balaban J connectivity index is 2.34. The summed E-state index contributed by atoms with van der Waals surface area (Å²) in [7, 11) is 0. The first kappa shape index (κ1) is 12.0. The number of aromatic hydroxyl groups is 2. The number of hydrogen-bond donors (Lipinski definition) is 2. The maximum atomic E-state index is 9.83. The van der Waals surface area contributed by atoms with E-state index in [4.69, 9.17) is 4.42 Å². The first-order valence-corrected chi connectivity index (χ1v) is 5.50. The summed E-state index contributed by atoms with van der Waals surface area (Å²) < 4.78 is 4.94. The largest absolute Gasteiger partial charge is 0.507 e. The molecule has 2 N–H and O–H groups in total. The van der Waals surface area contributed by atoms with Gasteiger partial charge in [-0.25, -0.2) is 0 Å². The summed E-state index contributed by atoms with van der Waals surface area (Å²) in [5, 5.41) is 19.7. The van der Waals surface area contributed by atoms with Gasteiger partial charge < -0.3 is 14.6 Å². The molecular formula is C15H14O3. The topological polar surface area (TPSA) is 53.6 Å². The number of benzene rings is 1. The normalized spacial score (nSPS) is 10.9. The predicted octanol–water partition coefficient (Wildman–Crippen LogP) is 3.89. The average Bonchev–Trinajstić information content (AvgIpc) is 2.77. The quantitative estimate of drug-likeness (QED) is 0.858. The zero-order valence-corrected chi connectivity index (χ0v) is 10.1. The van der Waals surface area contributed by atoms with Gasteiger partial charge in [-0.1, -0.05) is 18.7 Å². The van der Waals surface area contributed by atoms with E-state index in [0.717, 1.165) is 5.56 Å². The highest BCUT2D eigenvalue weighted by atomic mass is 16.3. The Morgan fingerprint density at radius 2 is 1.78 bits per heavy atom. The lowest BCUT2D eigenvalue weighted by atomic mass is 10.0. The fourth-order valence-electron chi connectivity index (χ4n) is 1.73. The van der Waals surface area contributed by atoms with Gasteiger partial charge in [0.1, 0.15) is 11.5 Å². The molecule has 0 amide bonds. The molecule has 18 heavy (non-hydrogen) atoms. The van der Waals surface area contributed by atoms with Crippen molar-refractivity contribution in [3.05, 3.63) is 54.0 Å². The molecule has 0 aliphatic rings. The molecule has 1 heterocycles. The third-order valence-corrected chi connectivity index (χ3v) is 2.56. The summed E-state index contributed by atoms with van der Waals surface area (Å²) in [5.74, 6) is 0.0451. The van der Waals surface area contributed by atoms with E-state index < -0.39 is 0 Å². The molecule has 0 radical (unpaired) electrons. The van der Waals surface area contributed by atoms with Crippen molar-refractivity contribution >= 4 is 17.7 Å². The molecule has 2 aromatic rings. The van der Waals surface area contributed by atoms with Crippen LogP contribution in [0.15, 0.2) is 41.7 Å². The fraction of sp³-hybridized carbons (Fsp3) is 0.0667. The SMILES string of the molecule is C=C(C)c1c(O)cc(C=Cc2ccoc2)cc1O. The predicted molar refractivity (Wildman–Crippen MR) is 72.1 cm³/mol. The molecule has 0 aliphatic heterocycles. The highest BCUT2D eigenvalue weighted by Crippen LogP contribution is 2.34. The van der Waals surface area contributed by atoms with E-state index in [2.05, 4.69) is 6.58 Å². The van der Waals surface area contributed by atoms with Gasteiger partial charge in [0.2, 0.25) is 0 Å². The van der Waals surface area contributed by atoms with Crippen molar-refractivity contribution in [1.82, 2.24) is 0 Å². The van der Waals surface area contributed by atoms with E-state index in [1.54, 1.807) is 37.7 Å². The zero-order chi connectivity index (χ0) is 13.1. The van der Waals surface area contributed by atoms with Gasteiger partial charge in [0.15, 0.2) is 0 Å².